The Kier molecular flexibility index (Phi) is 3.27. The van der Waals surface area contributed by atoms with Crippen LogP contribution in [0.1, 0.15) is 18.7 Å². The van der Waals surface area contributed by atoms with Gasteiger partial charge in [-0.1, -0.05) is 17.7 Å². The summed E-state index contributed by atoms with van der Waals surface area (Å²) in [5, 5.41) is 8.23. The normalized spacial score (nSPS) is 12.7. The molecule has 1 aromatic heterocycles. The van der Waals surface area contributed by atoms with Crippen molar-refractivity contribution in [3.8, 4) is 5.69 Å². The van der Waals surface area contributed by atoms with Crippen LogP contribution in [0, 0.1) is 0 Å². The van der Waals surface area contributed by atoms with E-state index in [0.29, 0.717) is 0 Å². The molecule has 1 aromatic carbocycles. The van der Waals surface area contributed by atoms with Crippen LogP contribution in [0.2, 0.25) is 5.02 Å². The Bertz CT molecular complexity index is 479. The Hall–Kier alpha value is -1.32. The topological polar surface area (TPSA) is 29.9 Å². The highest BCUT2D eigenvalue weighted by molar-refractivity contribution is 6.30. The molecule has 0 bridgehead atoms. The number of nitrogens with one attached hydrogen (secondary N) is 1. The summed E-state index contributed by atoms with van der Waals surface area (Å²) in [5.74, 6) is 0. The molecule has 0 saturated carbocycles. The Morgan fingerprint density at radius 2 is 2.19 bits per heavy atom. The van der Waals surface area contributed by atoms with E-state index in [1.807, 2.05) is 42.1 Å². The van der Waals surface area contributed by atoms with Crippen molar-refractivity contribution in [2.75, 3.05) is 7.05 Å². The summed E-state index contributed by atoms with van der Waals surface area (Å²) in [7, 11) is 1.93. The van der Waals surface area contributed by atoms with Crippen LogP contribution in [0.3, 0.4) is 0 Å². The van der Waals surface area contributed by atoms with E-state index in [4.69, 9.17) is 11.6 Å². The van der Waals surface area contributed by atoms with E-state index >= 15 is 0 Å². The van der Waals surface area contributed by atoms with Gasteiger partial charge >= 0.3 is 0 Å². The molecule has 84 valence electrons. The highest BCUT2D eigenvalue weighted by Gasteiger charge is 2.10. The maximum Gasteiger partial charge on any atom is 0.0664 e. The second-order valence-electron chi connectivity index (χ2n) is 3.66. The third-order valence-electron chi connectivity index (χ3n) is 2.60. The SMILES string of the molecule is CNC(C)c1ccnn1-c1cccc(Cl)c1. The van der Waals surface area contributed by atoms with Crippen LogP contribution in [0.25, 0.3) is 5.69 Å². The summed E-state index contributed by atoms with van der Waals surface area (Å²) < 4.78 is 1.90. The minimum absolute atomic E-state index is 0.251. The average Bonchev–Trinajstić information content (AvgIpc) is 2.77. The number of benzene rings is 1. The zero-order valence-electron chi connectivity index (χ0n) is 9.31. The molecule has 1 N–H and O–H groups in total. The molecule has 0 fully saturated rings. The number of hydrogen-bond acceptors (Lipinski definition) is 2. The maximum atomic E-state index is 5.97. The van der Waals surface area contributed by atoms with Gasteiger partial charge in [0.15, 0.2) is 0 Å². The van der Waals surface area contributed by atoms with Crippen LogP contribution in [-0.2, 0) is 0 Å². The minimum atomic E-state index is 0.251. The standard InChI is InChI=1S/C12H14ClN3/c1-9(14-2)12-6-7-15-16(12)11-5-3-4-10(13)8-11/h3-9,14H,1-2H3. The molecule has 3 nitrogen and oxygen atoms in total. The number of nitrogens with zero attached hydrogens (tertiary/aromatic N) is 2. The Labute approximate surface area is 100 Å². The molecular formula is C12H14ClN3. The summed E-state index contributed by atoms with van der Waals surface area (Å²) in [6.45, 7) is 2.10. The highest BCUT2D eigenvalue weighted by Crippen LogP contribution is 2.19. The maximum absolute atomic E-state index is 5.97. The van der Waals surface area contributed by atoms with Crippen LogP contribution >= 0.6 is 11.6 Å². The van der Waals surface area contributed by atoms with Crippen LogP contribution in [0.15, 0.2) is 36.5 Å². The predicted octanol–water partition coefficient (Wildman–Crippen LogP) is 2.81. The van der Waals surface area contributed by atoms with Gasteiger partial charge in [0.2, 0.25) is 0 Å². The average molecular weight is 236 g/mol. The molecule has 2 aromatic rings. The van der Waals surface area contributed by atoms with Crippen molar-refractivity contribution in [1.82, 2.24) is 15.1 Å². The molecule has 4 heteroatoms. The second-order valence-corrected chi connectivity index (χ2v) is 4.09. The first-order chi connectivity index (χ1) is 7.72. The van der Waals surface area contributed by atoms with Crippen molar-refractivity contribution in [3.63, 3.8) is 0 Å². The summed E-state index contributed by atoms with van der Waals surface area (Å²) in [6, 6.07) is 9.93. The second kappa shape index (κ2) is 4.68. The van der Waals surface area contributed by atoms with Gasteiger partial charge in [-0.05, 0) is 38.2 Å². The molecule has 1 unspecified atom stereocenters. The molecule has 16 heavy (non-hydrogen) atoms. The van der Waals surface area contributed by atoms with Crippen LogP contribution < -0.4 is 5.32 Å². The fourth-order valence-corrected chi connectivity index (χ4v) is 1.80. The molecule has 2 rings (SSSR count). The first kappa shape index (κ1) is 11.2. The molecule has 0 saturated heterocycles. The van der Waals surface area contributed by atoms with E-state index in [1.54, 1.807) is 6.20 Å². The molecule has 0 radical (unpaired) electrons. The lowest BCUT2D eigenvalue weighted by Gasteiger charge is -2.13. The predicted molar refractivity (Wildman–Crippen MR) is 66.0 cm³/mol. The molecule has 1 heterocycles. The third kappa shape index (κ3) is 2.10. The van der Waals surface area contributed by atoms with Crippen molar-refractivity contribution < 1.29 is 0 Å². The smallest absolute Gasteiger partial charge is 0.0664 e. The Balaban J connectivity index is 2.44. The monoisotopic (exact) mass is 235 g/mol. The largest absolute Gasteiger partial charge is 0.312 e. The lowest BCUT2D eigenvalue weighted by atomic mass is 10.2. The molecule has 1 atom stereocenters. The Morgan fingerprint density at radius 1 is 1.38 bits per heavy atom. The van der Waals surface area contributed by atoms with E-state index in [2.05, 4.69) is 17.3 Å². The summed E-state index contributed by atoms with van der Waals surface area (Å²) >= 11 is 5.97. The van der Waals surface area contributed by atoms with E-state index in [-0.39, 0.29) is 6.04 Å². The van der Waals surface area contributed by atoms with Crippen molar-refractivity contribution >= 4 is 11.6 Å². The van der Waals surface area contributed by atoms with E-state index in [1.165, 1.54) is 0 Å². The zero-order valence-corrected chi connectivity index (χ0v) is 10.1. The van der Waals surface area contributed by atoms with Gasteiger partial charge in [0, 0.05) is 17.3 Å². The van der Waals surface area contributed by atoms with Gasteiger partial charge in [-0.2, -0.15) is 5.10 Å². The quantitative estimate of drug-likeness (QED) is 0.887. The number of aromatic nitrogens is 2. The molecule has 0 aliphatic heterocycles. The Morgan fingerprint density at radius 3 is 2.88 bits per heavy atom. The zero-order chi connectivity index (χ0) is 11.5. The molecule has 0 aliphatic rings. The van der Waals surface area contributed by atoms with Crippen molar-refractivity contribution in [2.24, 2.45) is 0 Å². The molecule has 0 amide bonds. The summed E-state index contributed by atoms with van der Waals surface area (Å²) in [4.78, 5) is 0. The van der Waals surface area contributed by atoms with Gasteiger partial charge in [0.25, 0.3) is 0 Å². The number of halogens is 1. The summed E-state index contributed by atoms with van der Waals surface area (Å²) in [5.41, 5.74) is 2.10. The van der Waals surface area contributed by atoms with E-state index < -0.39 is 0 Å². The fourth-order valence-electron chi connectivity index (χ4n) is 1.61. The van der Waals surface area contributed by atoms with E-state index in [9.17, 15) is 0 Å². The third-order valence-corrected chi connectivity index (χ3v) is 2.84. The van der Waals surface area contributed by atoms with Crippen molar-refractivity contribution in [2.45, 2.75) is 13.0 Å². The first-order valence-corrected chi connectivity index (χ1v) is 5.57. The summed E-state index contributed by atoms with van der Waals surface area (Å²) in [6.07, 6.45) is 1.80. The lowest BCUT2D eigenvalue weighted by Crippen LogP contribution is -2.16. The fraction of sp³-hybridized carbons (Fsp3) is 0.250. The molecule has 0 spiro atoms. The van der Waals surface area contributed by atoms with Crippen molar-refractivity contribution in [3.05, 3.63) is 47.2 Å². The highest BCUT2D eigenvalue weighted by atomic mass is 35.5. The van der Waals surface area contributed by atoms with Crippen molar-refractivity contribution in [1.29, 1.82) is 0 Å². The number of hydrogen-bond donors (Lipinski definition) is 1. The van der Waals surface area contributed by atoms with Crippen LogP contribution in [-0.4, -0.2) is 16.8 Å². The van der Waals surface area contributed by atoms with Crippen LogP contribution in [0.4, 0.5) is 0 Å². The first-order valence-electron chi connectivity index (χ1n) is 5.19. The van der Waals surface area contributed by atoms with Gasteiger partial charge in [-0.3, -0.25) is 0 Å². The lowest BCUT2D eigenvalue weighted by molar-refractivity contribution is 0.605. The minimum Gasteiger partial charge on any atom is -0.312 e. The number of rotatable bonds is 3. The molecule has 0 aliphatic carbocycles. The van der Waals surface area contributed by atoms with Gasteiger partial charge in [0.05, 0.1) is 11.4 Å². The van der Waals surface area contributed by atoms with E-state index in [0.717, 1.165) is 16.4 Å². The van der Waals surface area contributed by atoms with Gasteiger partial charge in [0.1, 0.15) is 0 Å². The van der Waals surface area contributed by atoms with Gasteiger partial charge in [-0.15, -0.1) is 0 Å². The van der Waals surface area contributed by atoms with Gasteiger partial charge < -0.3 is 5.32 Å². The van der Waals surface area contributed by atoms with Gasteiger partial charge in [-0.25, -0.2) is 4.68 Å². The molecular weight excluding hydrogens is 222 g/mol. The van der Waals surface area contributed by atoms with Crippen LogP contribution in [0.5, 0.6) is 0 Å².